The van der Waals surface area contributed by atoms with Gasteiger partial charge in [-0.1, -0.05) is 30.3 Å². The first-order valence-corrected chi connectivity index (χ1v) is 7.58. The van der Waals surface area contributed by atoms with E-state index in [-0.39, 0.29) is 11.9 Å². The summed E-state index contributed by atoms with van der Waals surface area (Å²) >= 11 is 0. The first kappa shape index (κ1) is 16.9. The van der Waals surface area contributed by atoms with Crippen LogP contribution >= 0.6 is 0 Å². The molecule has 2 aromatic rings. The van der Waals surface area contributed by atoms with Gasteiger partial charge < -0.3 is 15.4 Å². The van der Waals surface area contributed by atoms with Crippen LogP contribution in [0.15, 0.2) is 36.4 Å². The fraction of sp³-hybridized carbons (Fsp3) is 0.353. The fourth-order valence-electron chi connectivity index (χ4n) is 1.99. The normalized spacial score (nSPS) is 10.6. The van der Waals surface area contributed by atoms with Crippen molar-refractivity contribution in [2.24, 2.45) is 0 Å². The van der Waals surface area contributed by atoms with Crippen molar-refractivity contribution >= 4 is 11.7 Å². The van der Waals surface area contributed by atoms with Crippen LogP contribution in [0.3, 0.4) is 0 Å². The van der Waals surface area contributed by atoms with Crippen LogP contribution < -0.4 is 10.6 Å². The number of ether oxygens (including phenoxy) is 1. The smallest absolute Gasteiger partial charge is 0.270 e. The molecule has 0 saturated heterocycles. The average Bonchev–Trinajstić information content (AvgIpc) is 2.55. The number of benzene rings is 1. The summed E-state index contributed by atoms with van der Waals surface area (Å²) < 4.78 is 5.02. The predicted octanol–water partition coefficient (Wildman–Crippen LogP) is 2.34. The Kier molecular flexibility index (Phi) is 6.05. The van der Waals surface area contributed by atoms with E-state index >= 15 is 0 Å². The van der Waals surface area contributed by atoms with Crippen LogP contribution in [-0.2, 0) is 4.74 Å². The summed E-state index contributed by atoms with van der Waals surface area (Å²) in [5.74, 6) is 0.904. The Bertz CT molecular complexity index is 644. The Morgan fingerprint density at radius 3 is 2.61 bits per heavy atom. The Hall–Kier alpha value is -2.47. The van der Waals surface area contributed by atoms with Gasteiger partial charge in [0.15, 0.2) is 5.82 Å². The Labute approximate surface area is 136 Å². The monoisotopic (exact) mass is 314 g/mol. The summed E-state index contributed by atoms with van der Waals surface area (Å²) in [6.45, 7) is 4.98. The van der Waals surface area contributed by atoms with Crippen LogP contribution in [0, 0.1) is 0 Å². The molecule has 0 aliphatic heterocycles. The highest BCUT2D eigenvalue weighted by Gasteiger charge is 2.13. The number of anilines is 1. The molecule has 2 rings (SSSR count). The summed E-state index contributed by atoms with van der Waals surface area (Å²) in [4.78, 5) is 21.1. The van der Waals surface area contributed by atoms with Gasteiger partial charge in [0.05, 0.1) is 6.61 Å². The first-order chi connectivity index (χ1) is 11.1. The molecule has 0 saturated carbocycles. The second kappa shape index (κ2) is 8.24. The lowest BCUT2D eigenvalue weighted by atomic mass is 10.2. The highest BCUT2D eigenvalue weighted by atomic mass is 16.5. The van der Waals surface area contributed by atoms with Crippen molar-refractivity contribution < 1.29 is 9.53 Å². The second-order valence-electron chi connectivity index (χ2n) is 5.38. The van der Waals surface area contributed by atoms with Gasteiger partial charge in [0.1, 0.15) is 11.5 Å². The van der Waals surface area contributed by atoms with E-state index in [0.29, 0.717) is 30.5 Å². The van der Waals surface area contributed by atoms with Gasteiger partial charge in [0.2, 0.25) is 0 Å². The molecule has 122 valence electrons. The number of carbonyl (C=O) groups excluding carboxylic acids is 1. The largest absolute Gasteiger partial charge is 0.383 e. The molecule has 6 nitrogen and oxygen atoms in total. The third-order valence-corrected chi connectivity index (χ3v) is 3.02. The molecule has 6 heteroatoms. The van der Waals surface area contributed by atoms with Crippen molar-refractivity contribution in [2.45, 2.75) is 19.9 Å². The number of amides is 1. The minimum absolute atomic E-state index is 0.0440. The van der Waals surface area contributed by atoms with E-state index < -0.39 is 0 Å². The zero-order valence-electron chi connectivity index (χ0n) is 13.7. The summed E-state index contributed by atoms with van der Waals surface area (Å²) in [5, 5.41) is 6.00. The summed E-state index contributed by atoms with van der Waals surface area (Å²) in [7, 11) is 1.64. The molecule has 1 amide bonds. The van der Waals surface area contributed by atoms with Crippen molar-refractivity contribution in [3.05, 3.63) is 42.1 Å². The van der Waals surface area contributed by atoms with Gasteiger partial charge in [0, 0.05) is 31.3 Å². The molecular weight excluding hydrogens is 292 g/mol. The minimum Gasteiger partial charge on any atom is -0.383 e. The van der Waals surface area contributed by atoms with Gasteiger partial charge in [0.25, 0.3) is 5.91 Å². The molecule has 0 atom stereocenters. The van der Waals surface area contributed by atoms with E-state index in [1.807, 2.05) is 44.2 Å². The Balaban J connectivity index is 2.33. The molecule has 0 aliphatic rings. The van der Waals surface area contributed by atoms with E-state index in [2.05, 4.69) is 20.6 Å². The predicted molar refractivity (Wildman–Crippen MR) is 90.4 cm³/mol. The standard InChI is InChI=1S/C17H22N4O2/c1-12(2)19-17(22)14-11-15(18-9-10-23-3)21-16(20-14)13-7-5-4-6-8-13/h4-8,11-12H,9-10H2,1-3H3,(H,19,22)(H,18,20,21). The summed E-state index contributed by atoms with van der Waals surface area (Å²) in [6.07, 6.45) is 0. The molecule has 0 spiro atoms. The lowest BCUT2D eigenvalue weighted by Crippen LogP contribution is -2.31. The maximum atomic E-state index is 12.3. The quantitative estimate of drug-likeness (QED) is 0.767. The average molecular weight is 314 g/mol. The number of rotatable bonds is 7. The highest BCUT2D eigenvalue weighted by molar-refractivity contribution is 5.93. The molecule has 1 heterocycles. The molecule has 0 fully saturated rings. The second-order valence-corrected chi connectivity index (χ2v) is 5.38. The van der Waals surface area contributed by atoms with Crippen LogP contribution in [0.1, 0.15) is 24.3 Å². The van der Waals surface area contributed by atoms with Crippen LogP contribution in [0.5, 0.6) is 0 Å². The third-order valence-electron chi connectivity index (χ3n) is 3.02. The van der Waals surface area contributed by atoms with Crippen LogP contribution in [0.25, 0.3) is 11.4 Å². The zero-order valence-corrected chi connectivity index (χ0v) is 13.7. The van der Waals surface area contributed by atoms with Crippen LogP contribution in [0.2, 0.25) is 0 Å². The molecule has 2 N–H and O–H groups in total. The maximum absolute atomic E-state index is 12.3. The summed E-state index contributed by atoms with van der Waals surface area (Å²) in [6, 6.07) is 11.3. The van der Waals surface area contributed by atoms with Crippen molar-refractivity contribution in [1.29, 1.82) is 0 Å². The van der Waals surface area contributed by atoms with E-state index in [4.69, 9.17) is 4.74 Å². The number of hydrogen-bond acceptors (Lipinski definition) is 5. The van der Waals surface area contributed by atoms with Gasteiger partial charge >= 0.3 is 0 Å². The van der Waals surface area contributed by atoms with Gasteiger partial charge in [-0.15, -0.1) is 0 Å². The summed E-state index contributed by atoms with van der Waals surface area (Å²) in [5.41, 5.74) is 1.20. The van der Waals surface area contributed by atoms with Crippen molar-refractivity contribution in [1.82, 2.24) is 15.3 Å². The number of methoxy groups -OCH3 is 1. The van der Waals surface area contributed by atoms with Crippen LogP contribution in [0.4, 0.5) is 5.82 Å². The molecule has 0 unspecified atom stereocenters. The number of carbonyl (C=O) groups is 1. The fourth-order valence-corrected chi connectivity index (χ4v) is 1.99. The number of nitrogens with one attached hydrogen (secondary N) is 2. The third kappa shape index (κ3) is 5.03. The molecule has 23 heavy (non-hydrogen) atoms. The lowest BCUT2D eigenvalue weighted by molar-refractivity contribution is 0.0938. The molecule has 1 aromatic carbocycles. The van der Waals surface area contributed by atoms with Gasteiger partial charge in [-0.3, -0.25) is 4.79 Å². The van der Waals surface area contributed by atoms with Gasteiger partial charge in [-0.2, -0.15) is 0 Å². The van der Waals surface area contributed by atoms with Crippen molar-refractivity contribution in [3.8, 4) is 11.4 Å². The minimum atomic E-state index is -0.214. The SMILES string of the molecule is COCCNc1cc(C(=O)NC(C)C)nc(-c2ccccc2)n1. The van der Waals surface area contributed by atoms with E-state index in [9.17, 15) is 4.79 Å². The van der Waals surface area contributed by atoms with E-state index in [1.165, 1.54) is 0 Å². The lowest BCUT2D eigenvalue weighted by Gasteiger charge is -2.11. The first-order valence-electron chi connectivity index (χ1n) is 7.58. The number of nitrogens with zero attached hydrogens (tertiary/aromatic N) is 2. The number of aromatic nitrogens is 2. The van der Waals surface area contributed by atoms with E-state index in [1.54, 1.807) is 13.2 Å². The topological polar surface area (TPSA) is 76.1 Å². The zero-order chi connectivity index (χ0) is 16.7. The van der Waals surface area contributed by atoms with Gasteiger partial charge in [-0.05, 0) is 13.8 Å². The molecule has 0 bridgehead atoms. The number of hydrogen-bond donors (Lipinski definition) is 2. The van der Waals surface area contributed by atoms with Crippen LogP contribution in [-0.4, -0.2) is 42.2 Å². The molecular formula is C17H22N4O2. The molecule has 0 radical (unpaired) electrons. The Morgan fingerprint density at radius 1 is 1.22 bits per heavy atom. The van der Waals surface area contributed by atoms with Crippen molar-refractivity contribution in [3.63, 3.8) is 0 Å². The maximum Gasteiger partial charge on any atom is 0.270 e. The Morgan fingerprint density at radius 2 is 1.96 bits per heavy atom. The van der Waals surface area contributed by atoms with E-state index in [0.717, 1.165) is 5.56 Å². The van der Waals surface area contributed by atoms with Gasteiger partial charge in [-0.25, -0.2) is 9.97 Å². The van der Waals surface area contributed by atoms with Crippen molar-refractivity contribution in [2.75, 3.05) is 25.6 Å². The molecule has 1 aromatic heterocycles. The highest BCUT2D eigenvalue weighted by Crippen LogP contribution is 2.17. The molecule has 0 aliphatic carbocycles.